The fourth-order valence-corrected chi connectivity index (χ4v) is 1.67. The first-order chi connectivity index (χ1) is 6.00. The summed E-state index contributed by atoms with van der Waals surface area (Å²) < 4.78 is 2.23. The lowest BCUT2D eigenvalue weighted by Gasteiger charge is -2.20. The third kappa shape index (κ3) is 1.48. The number of imidazole rings is 1. The van der Waals surface area contributed by atoms with Crippen LogP contribution in [-0.4, -0.2) is 15.6 Å². The Bertz CT molecular complexity index is 308. The van der Waals surface area contributed by atoms with E-state index in [2.05, 4.69) is 30.3 Å². The van der Waals surface area contributed by atoms with Crippen LogP contribution >= 0.6 is 0 Å². The van der Waals surface area contributed by atoms with Gasteiger partial charge in [-0.05, 0) is 6.42 Å². The zero-order valence-electron chi connectivity index (χ0n) is 8.49. The average molecular weight is 179 g/mol. The molecule has 0 amide bonds. The first-order valence-electron chi connectivity index (χ1n) is 4.78. The van der Waals surface area contributed by atoms with Crippen LogP contribution in [0, 0.1) is 0 Å². The van der Waals surface area contributed by atoms with Crippen molar-refractivity contribution in [3.63, 3.8) is 0 Å². The van der Waals surface area contributed by atoms with Crippen LogP contribution < -0.4 is 5.73 Å². The summed E-state index contributed by atoms with van der Waals surface area (Å²) >= 11 is 0. The van der Waals surface area contributed by atoms with E-state index in [-0.39, 0.29) is 5.41 Å². The first-order valence-corrected chi connectivity index (χ1v) is 4.78. The Morgan fingerprint density at radius 2 is 2.15 bits per heavy atom. The summed E-state index contributed by atoms with van der Waals surface area (Å²) in [4.78, 5) is 4.19. The van der Waals surface area contributed by atoms with E-state index < -0.39 is 0 Å². The summed E-state index contributed by atoms with van der Waals surface area (Å²) in [5.41, 5.74) is 7.27. The van der Waals surface area contributed by atoms with E-state index in [9.17, 15) is 0 Å². The molecule has 13 heavy (non-hydrogen) atoms. The van der Waals surface area contributed by atoms with Crippen LogP contribution in [0.3, 0.4) is 0 Å². The molecule has 2 rings (SSSR count). The minimum Gasteiger partial charge on any atom is -0.329 e. The van der Waals surface area contributed by atoms with Crippen molar-refractivity contribution in [1.29, 1.82) is 0 Å². The minimum absolute atomic E-state index is 0.165. The largest absolute Gasteiger partial charge is 0.329 e. The van der Waals surface area contributed by atoms with Crippen LogP contribution in [0.25, 0.3) is 0 Å². The number of aromatic nitrogens is 2. The van der Waals surface area contributed by atoms with Gasteiger partial charge in [-0.15, -0.1) is 0 Å². The van der Waals surface area contributed by atoms with Gasteiger partial charge in [0.1, 0.15) is 0 Å². The molecule has 1 aromatic heterocycles. The Morgan fingerprint density at radius 1 is 1.54 bits per heavy atom. The summed E-state index contributed by atoms with van der Waals surface area (Å²) in [5.74, 6) is 0. The zero-order chi connectivity index (χ0) is 9.64. The van der Waals surface area contributed by atoms with Crippen molar-refractivity contribution in [3.05, 3.63) is 18.2 Å². The van der Waals surface area contributed by atoms with Crippen LogP contribution in [0.1, 0.15) is 38.9 Å². The van der Waals surface area contributed by atoms with Gasteiger partial charge in [0.25, 0.3) is 0 Å². The van der Waals surface area contributed by atoms with Gasteiger partial charge < -0.3 is 10.3 Å². The van der Waals surface area contributed by atoms with Crippen molar-refractivity contribution in [3.8, 4) is 0 Å². The Balaban J connectivity index is 2.32. The second-order valence-corrected chi connectivity index (χ2v) is 4.90. The lowest BCUT2D eigenvalue weighted by atomic mass is 9.92. The highest BCUT2D eigenvalue weighted by molar-refractivity contribution is 5.15. The molecule has 72 valence electrons. The van der Waals surface area contributed by atoms with Gasteiger partial charge in [-0.25, -0.2) is 4.98 Å². The summed E-state index contributed by atoms with van der Waals surface area (Å²) in [6, 6.07) is 0.840. The second kappa shape index (κ2) is 2.58. The molecule has 0 aromatic carbocycles. The standard InChI is InChI=1S/C10H17N3/c1-10(2,3)9-5-12-6-13(9)8-4-7(8)11/h5-8H,4,11H2,1-3H3. The van der Waals surface area contributed by atoms with Gasteiger partial charge in [-0.3, -0.25) is 0 Å². The van der Waals surface area contributed by atoms with E-state index in [1.807, 2.05) is 12.5 Å². The highest BCUT2D eigenvalue weighted by Gasteiger charge is 2.37. The van der Waals surface area contributed by atoms with E-state index in [1.54, 1.807) is 0 Å². The smallest absolute Gasteiger partial charge is 0.0951 e. The molecule has 1 saturated carbocycles. The Morgan fingerprint density at radius 3 is 2.62 bits per heavy atom. The normalized spacial score (nSPS) is 27.7. The number of nitrogens with two attached hydrogens (primary N) is 1. The predicted octanol–water partition coefficient (Wildman–Crippen LogP) is 1.45. The maximum atomic E-state index is 5.82. The first kappa shape index (κ1) is 8.75. The van der Waals surface area contributed by atoms with Gasteiger partial charge in [0, 0.05) is 23.3 Å². The molecule has 3 heteroatoms. The van der Waals surface area contributed by atoms with Crippen LogP contribution in [0.15, 0.2) is 12.5 Å². The van der Waals surface area contributed by atoms with Crippen molar-refractivity contribution in [1.82, 2.24) is 9.55 Å². The quantitative estimate of drug-likeness (QED) is 0.709. The summed E-state index contributed by atoms with van der Waals surface area (Å²) in [6.07, 6.45) is 4.95. The van der Waals surface area contributed by atoms with Crippen LogP contribution in [0.5, 0.6) is 0 Å². The van der Waals surface area contributed by atoms with E-state index in [0.717, 1.165) is 6.42 Å². The number of hydrogen-bond acceptors (Lipinski definition) is 2. The maximum Gasteiger partial charge on any atom is 0.0951 e. The highest BCUT2D eigenvalue weighted by atomic mass is 15.1. The van der Waals surface area contributed by atoms with Gasteiger partial charge in [0.2, 0.25) is 0 Å². The molecule has 2 N–H and O–H groups in total. The van der Waals surface area contributed by atoms with E-state index in [4.69, 9.17) is 5.73 Å². The topological polar surface area (TPSA) is 43.8 Å². The summed E-state index contributed by atoms with van der Waals surface area (Å²) in [5, 5.41) is 0. The maximum absolute atomic E-state index is 5.82. The highest BCUT2D eigenvalue weighted by Crippen LogP contribution is 2.37. The number of hydrogen-bond donors (Lipinski definition) is 1. The summed E-state index contributed by atoms with van der Waals surface area (Å²) in [6.45, 7) is 6.61. The van der Waals surface area contributed by atoms with E-state index in [0.29, 0.717) is 12.1 Å². The average Bonchev–Trinajstić information content (AvgIpc) is 2.57. The van der Waals surface area contributed by atoms with Gasteiger partial charge in [-0.2, -0.15) is 0 Å². The molecule has 1 aromatic rings. The molecule has 2 unspecified atom stereocenters. The van der Waals surface area contributed by atoms with Gasteiger partial charge in [0.15, 0.2) is 0 Å². The second-order valence-electron chi connectivity index (χ2n) is 4.90. The molecule has 1 aliphatic rings. The fourth-order valence-electron chi connectivity index (χ4n) is 1.67. The molecule has 1 heterocycles. The Hall–Kier alpha value is -0.830. The third-order valence-electron chi connectivity index (χ3n) is 2.60. The predicted molar refractivity (Wildman–Crippen MR) is 52.6 cm³/mol. The Labute approximate surface area is 79.0 Å². The van der Waals surface area contributed by atoms with Gasteiger partial charge >= 0.3 is 0 Å². The zero-order valence-corrected chi connectivity index (χ0v) is 8.49. The Kier molecular flexibility index (Phi) is 1.74. The van der Waals surface area contributed by atoms with Gasteiger partial charge in [0.05, 0.1) is 12.4 Å². The fraction of sp³-hybridized carbons (Fsp3) is 0.700. The lowest BCUT2D eigenvalue weighted by molar-refractivity contribution is 0.517. The number of nitrogens with zero attached hydrogens (tertiary/aromatic N) is 2. The molecular formula is C10H17N3. The SMILES string of the molecule is CC(C)(C)c1cncn1C1CC1N. The lowest BCUT2D eigenvalue weighted by Crippen LogP contribution is -2.18. The minimum atomic E-state index is 0.165. The van der Waals surface area contributed by atoms with Crippen LogP contribution in [0.4, 0.5) is 0 Å². The molecule has 0 aliphatic heterocycles. The number of rotatable bonds is 1. The van der Waals surface area contributed by atoms with Crippen molar-refractivity contribution >= 4 is 0 Å². The van der Waals surface area contributed by atoms with Crippen LogP contribution in [0.2, 0.25) is 0 Å². The molecule has 0 bridgehead atoms. The van der Waals surface area contributed by atoms with Crippen LogP contribution in [-0.2, 0) is 5.41 Å². The molecule has 1 fully saturated rings. The van der Waals surface area contributed by atoms with E-state index >= 15 is 0 Å². The summed E-state index contributed by atoms with van der Waals surface area (Å²) in [7, 11) is 0. The molecule has 2 atom stereocenters. The van der Waals surface area contributed by atoms with E-state index in [1.165, 1.54) is 5.69 Å². The molecular weight excluding hydrogens is 162 g/mol. The van der Waals surface area contributed by atoms with Crippen molar-refractivity contribution in [2.45, 2.75) is 44.7 Å². The molecule has 3 nitrogen and oxygen atoms in total. The molecule has 0 spiro atoms. The molecule has 0 radical (unpaired) electrons. The molecule has 0 saturated heterocycles. The van der Waals surface area contributed by atoms with Crippen molar-refractivity contribution in [2.24, 2.45) is 5.73 Å². The van der Waals surface area contributed by atoms with Crippen molar-refractivity contribution in [2.75, 3.05) is 0 Å². The van der Waals surface area contributed by atoms with Gasteiger partial charge in [-0.1, -0.05) is 20.8 Å². The van der Waals surface area contributed by atoms with Crippen molar-refractivity contribution < 1.29 is 0 Å². The monoisotopic (exact) mass is 179 g/mol. The molecule has 1 aliphatic carbocycles. The third-order valence-corrected chi connectivity index (χ3v) is 2.60.